The van der Waals surface area contributed by atoms with Crippen molar-refractivity contribution in [1.82, 2.24) is 4.31 Å². The van der Waals surface area contributed by atoms with E-state index in [0.717, 1.165) is 12.8 Å². The van der Waals surface area contributed by atoms with Gasteiger partial charge in [0.25, 0.3) is 0 Å². The maximum Gasteiger partial charge on any atom is 0.214 e. The van der Waals surface area contributed by atoms with Crippen LogP contribution in [0, 0.1) is 11.8 Å². The number of sulfonamides is 1. The molecule has 1 saturated heterocycles. The average Bonchev–Trinajstić information content (AvgIpc) is 2.16. The lowest BCUT2D eigenvalue weighted by molar-refractivity contribution is 0.315. The molecule has 0 radical (unpaired) electrons. The summed E-state index contributed by atoms with van der Waals surface area (Å²) >= 11 is 4.93. The van der Waals surface area contributed by atoms with Crippen molar-refractivity contribution >= 4 is 27.2 Å². The lowest BCUT2D eigenvalue weighted by Gasteiger charge is -2.31. The standard InChI is InChI=1S/C10H20N2O2S2/c1-8(2)7-16(13,14)12-5-3-9(4-6-12)10(11)15/h8-9H,3-7H2,1-2H3,(H2,11,15). The Kier molecular flexibility index (Phi) is 4.70. The molecular weight excluding hydrogens is 244 g/mol. The summed E-state index contributed by atoms with van der Waals surface area (Å²) < 4.78 is 25.4. The summed E-state index contributed by atoms with van der Waals surface area (Å²) in [4.78, 5) is 0.515. The van der Waals surface area contributed by atoms with Gasteiger partial charge in [0.05, 0.1) is 10.7 Å². The smallest absolute Gasteiger partial charge is 0.214 e. The van der Waals surface area contributed by atoms with Gasteiger partial charge < -0.3 is 5.73 Å². The van der Waals surface area contributed by atoms with Gasteiger partial charge in [-0.05, 0) is 18.8 Å². The summed E-state index contributed by atoms with van der Waals surface area (Å²) in [7, 11) is -3.08. The lowest BCUT2D eigenvalue weighted by Crippen LogP contribution is -2.42. The van der Waals surface area contributed by atoms with Crippen LogP contribution in [0.1, 0.15) is 26.7 Å². The highest BCUT2D eigenvalue weighted by atomic mass is 32.2. The molecule has 4 nitrogen and oxygen atoms in total. The van der Waals surface area contributed by atoms with Crippen molar-refractivity contribution in [3.05, 3.63) is 0 Å². The van der Waals surface area contributed by atoms with E-state index in [2.05, 4.69) is 0 Å². The highest BCUT2D eigenvalue weighted by Crippen LogP contribution is 2.20. The molecule has 94 valence electrons. The van der Waals surface area contributed by atoms with Crippen molar-refractivity contribution in [3.8, 4) is 0 Å². The quantitative estimate of drug-likeness (QED) is 0.769. The van der Waals surface area contributed by atoms with E-state index in [1.54, 1.807) is 4.31 Å². The predicted octanol–water partition coefficient (Wildman–Crippen LogP) is 0.970. The van der Waals surface area contributed by atoms with Gasteiger partial charge in [-0.2, -0.15) is 0 Å². The topological polar surface area (TPSA) is 63.4 Å². The molecule has 0 spiro atoms. The van der Waals surface area contributed by atoms with Crippen LogP contribution in [0.4, 0.5) is 0 Å². The molecule has 0 amide bonds. The molecular formula is C10H20N2O2S2. The van der Waals surface area contributed by atoms with Crippen LogP contribution in [0.5, 0.6) is 0 Å². The second-order valence-electron chi connectivity index (χ2n) is 4.75. The first-order chi connectivity index (χ1) is 7.33. The largest absolute Gasteiger partial charge is 0.393 e. The van der Waals surface area contributed by atoms with Crippen molar-refractivity contribution in [2.45, 2.75) is 26.7 Å². The fourth-order valence-corrected chi connectivity index (χ4v) is 4.00. The summed E-state index contributed by atoms with van der Waals surface area (Å²) in [6.07, 6.45) is 1.51. The van der Waals surface area contributed by atoms with Crippen LogP contribution >= 0.6 is 12.2 Å². The Hall–Kier alpha value is -0.200. The fraction of sp³-hybridized carbons (Fsp3) is 0.900. The van der Waals surface area contributed by atoms with E-state index in [9.17, 15) is 8.42 Å². The molecule has 0 bridgehead atoms. The third-order valence-electron chi connectivity index (χ3n) is 2.79. The Morgan fingerprint density at radius 3 is 2.31 bits per heavy atom. The number of rotatable bonds is 4. The maximum absolute atomic E-state index is 11.9. The molecule has 1 aliphatic rings. The summed E-state index contributed by atoms with van der Waals surface area (Å²) in [5.74, 6) is 0.601. The van der Waals surface area contributed by atoms with E-state index in [1.807, 2.05) is 13.8 Å². The maximum atomic E-state index is 11.9. The van der Waals surface area contributed by atoms with Gasteiger partial charge in [0, 0.05) is 19.0 Å². The van der Waals surface area contributed by atoms with Gasteiger partial charge in [-0.3, -0.25) is 0 Å². The molecule has 0 aromatic carbocycles. The van der Waals surface area contributed by atoms with E-state index in [0.29, 0.717) is 18.1 Å². The minimum Gasteiger partial charge on any atom is -0.393 e. The first kappa shape index (κ1) is 13.9. The van der Waals surface area contributed by atoms with Crippen LogP contribution in [0.2, 0.25) is 0 Å². The molecule has 1 aliphatic heterocycles. The molecule has 0 unspecified atom stereocenters. The van der Waals surface area contributed by atoms with E-state index in [1.165, 1.54) is 0 Å². The molecule has 0 saturated carbocycles. The Bertz CT molecular complexity index is 344. The Balaban J connectivity index is 2.56. The predicted molar refractivity (Wildman–Crippen MR) is 69.7 cm³/mol. The summed E-state index contributed by atoms with van der Waals surface area (Å²) in [5.41, 5.74) is 5.57. The molecule has 0 atom stereocenters. The number of hydrogen-bond acceptors (Lipinski definition) is 3. The second-order valence-corrected chi connectivity index (χ2v) is 7.23. The van der Waals surface area contributed by atoms with Crippen LogP contribution in [-0.2, 0) is 10.0 Å². The zero-order valence-corrected chi connectivity index (χ0v) is 11.5. The van der Waals surface area contributed by atoms with E-state index in [-0.39, 0.29) is 17.6 Å². The summed E-state index contributed by atoms with van der Waals surface area (Å²) in [6.45, 7) is 4.94. The van der Waals surface area contributed by atoms with Gasteiger partial charge in [-0.1, -0.05) is 26.1 Å². The molecule has 0 aromatic heterocycles. The zero-order chi connectivity index (χ0) is 12.3. The molecule has 1 heterocycles. The van der Waals surface area contributed by atoms with E-state index in [4.69, 9.17) is 18.0 Å². The van der Waals surface area contributed by atoms with Gasteiger partial charge in [0.1, 0.15) is 0 Å². The minimum absolute atomic E-state index is 0.165. The average molecular weight is 264 g/mol. The van der Waals surface area contributed by atoms with Gasteiger partial charge in [0.15, 0.2) is 0 Å². The van der Waals surface area contributed by atoms with Crippen LogP contribution < -0.4 is 5.73 Å². The number of nitrogens with two attached hydrogens (primary N) is 1. The van der Waals surface area contributed by atoms with Crippen LogP contribution in [0.25, 0.3) is 0 Å². The number of hydrogen-bond donors (Lipinski definition) is 1. The molecule has 2 N–H and O–H groups in total. The van der Waals surface area contributed by atoms with Gasteiger partial charge in [-0.25, -0.2) is 12.7 Å². The monoisotopic (exact) mass is 264 g/mol. The molecule has 0 aliphatic carbocycles. The molecule has 1 rings (SSSR count). The van der Waals surface area contributed by atoms with E-state index >= 15 is 0 Å². The van der Waals surface area contributed by atoms with Crippen molar-refractivity contribution in [1.29, 1.82) is 0 Å². The SMILES string of the molecule is CC(C)CS(=O)(=O)N1CCC(C(N)=S)CC1. The van der Waals surface area contributed by atoms with Crippen molar-refractivity contribution in [2.75, 3.05) is 18.8 Å². The Morgan fingerprint density at radius 1 is 1.44 bits per heavy atom. The van der Waals surface area contributed by atoms with Crippen LogP contribution in [0.3, 0.4) is 0 Å². The molecule has 1 fully saturated rings. The Labute approximate surface area is 103 Å². The lowest BCUT2D eigenvalue weighted by atomic mass is 9.98. The van der Waals surface area contributed by atoms with Gasteiger partial charge >= 0.3 is 0 Å². The second kappa shape index (κ2) is 5.42. The number of piperidine rings is 1. The highest BCUT2D eigenvalue weighted by molar-refractivity contribution is 7.89. The zero-order valence-electron chi connectivity index (χ0n) is 9.85. The molecule has 16 heavy (non-hydrogen) atoms. The van der Waals surface area contributed by atoms with Gasteiger partial charge in [-0.15, -0.1) is 0 Å². The Morgan fingerprint density at radius 2 is 1.94 bits per heavy atom. The third-order valence-corrected chi connectivity index (χ3v) is 5.37. The summed E-state index contributed by atoms with van der Waals surface area (Å²) in [5, 5.41) is 0. The highest BCUT2D eigenvalue weighted by Gasteiger charge is 2.29. The van der Waals surface area contributed by atoms with Crippen LogP contribution in [0.15, 0.2) is 0 Å². The minimum atomic E-state index is -3.08. The van der Waals surface area contributed by atoms with E-state index < -0.39 is 10.0 Å². The number of thiocarbonyl (C=S) groups is 1. The van der Waals surface area contributed by atoms with Crippen molar-refractivity contribution in [3.63, 3.8) is 0 Å². The summed E-state index contributed by atoms with van der Waals surface area (Å²) in [6, 6.07) is 0. The number of nitrogens with zero attached hydrogens (tertiary/aromatic N) is 1. The first-order valence-corrected chi connectivity index (χ1v) is 7.62. The fourth-order valence-electron chi connectivity index (χ4n) is 1.95. The van der Waals surface area contributed by atoms with Gasteiger partial charge in [0.2, 0.25) is 10.0 Å². The first-order valence-electron chi connectivity index (χ1n) is 5.60. The molecule has 6 heteroatoms. The third kappa shape index (κ3) is 3.68. The van der Waals surface area contributed by atoms with Crippen molar-refractivity contribution < 1.29 is 8.42 Å². The van der Waals surface area contributed by atoms with Crippen LogP contribution in [-0.4, -0.2) is 36.6 Å². The van der Waals surface area contributed by atoms with Crippen molar-refractivity contribution in [2.24, 2.45) is 17.6 Å². The molecule has 0 aromatic rings. The normalized spacial score (nSPS) is 20.2.